The highest BCUT2D eigenvalue weighted by atomic mass is 16.2. The summed E-state index contributed by atoms with van der Waals surface area (Å²) in [4.78, 5) is 28.6. The smallest absolute Gasteiger partial charge is 0.242 e. The molecule has 2 amide bonds. The van der Waals surface area contributed by atoms with Crippen LogP contribution in [0.3, 0.4) is 0 Å². The molecule has 0 aromatic heterocycles. The zero-order valence-corrected chi connectivity index (χ0v) is 18.7. The van der Waals surface area contributed by atoms with Crippen molar-refractivity contribution in [2.24, 2.45) is 0 Å². The van der Waals surface area contributed by atoms with Gasteiger partial charge < -0.3 is 15.5 Å². The van der Waals surface area contributed by atoms with Gasteiger partial charge in [-0.1, -0.05) is 91.0 Å². The molecule has 0 saturated heterocycles. The van der Waals surface area contributed by atoms with Crippen molar-refractivity contribution in [3.05, 3.63) is 108 Å². The van der Waals surface area contributed by atoms with E-state index >= 15 is 0 Å². The second-order valence-corrected chi connectivity index (χ2v) is 8.10. The standard InChI is InChI=1S/C27H31N3O2/c1-30(2)19-18-28-26(31)24(20-21-12-6-3-7-13-21)29-27(32)25(22-14-8-4-9-15-22)23-16-10-5-11-17-23/h3-17,24-25H,18-20H2,1-2H3,(H,28,31)(H,29,32)/t24-/m1/s1. The van der Waals surface area contributed by atoms with Crippen molar-refractivity contribution in [3.8, 4) is 0 Å². The fourth-order valence-corrected chi connectivity index (χ4v) is 3.63. The molecule has 1 atom stereocenters. The summed E-state index contributed by atoms with van der Waals surface area (Å²) in [5.41, 5.74) is 2.78. The van der Waals surface area contributed by atoms with Gasteiger partial charge in [-0.2, -0.15) is 0 Å². The van der Waals surface area contributed by atoms with E-state index < -0.39 is 12.0 Å². The molecule has 0 radical (unpaired) electrons. The minimum absolute atomic E-state index is 0.177. The topological polar surface area (TPSA) is 61.4 Å². The summed E-state index contributed by atoms with van der Waals surface area (Å²) in [5.74, 6) is -0.861. The monoisotopic (exact) mass is 429 g/mol. The van der Waals surface area contributed by atoms with Crippen molar-refractivity contribution >= 4 is 11.8 Å². The number of hydrogen-bond donors (Lipinski definition) is 2. The van der Waals surface area contributed by atoms with Gasteiger partial charge in [0.05, 0.1) is 5.92 Å². The molecule has 0 unspecified atom stereocenters. The first kappa shape index (κ1) is 23.2. The summed E-state index contributed by atoms with van der Waals surface area (Å²) in [5, 5.41) is 6.00. The fraction of sp³-hybridized carbons (Fsp3) is 0.259. The molecule has 0 aliphatic carbocycles. The second kappa shape index (κ2) is 11.8. The normalized spacial score (nSPS) is 11.9. The Morgan fingerprint density at radius 3 is 1.75 bits per heavy atom. The Morgan fingerprint density at radius 1 is 0.750 bits per heavy atom. The first-order valence-corrected chi connectivity index (χ1v) is 10.9. The van der Waals surface area contributed by atoms with Crippen LogP contribution < -0.4 is 10.6 Å². The zero-order chi connectivity index (χ0) is 22.8. The van der Waals surface area contributed by atoms with E-state index in [-0.39, 0.29) is 11.8 Å². The highest BCUT2D eigenvalue weighted by molar-refractivity contribution is 5.92. The average Bonchev–Trinajstić information content (AvgIpc) is 2.80. The molecule has 0 aliphatic rings. The lowest BCUT2D eigenvalue weighted by Crippen LogP contribution is -2.50. The number of carbonyl (C=O) groups excluding carboxylic acids is 2. The van der Waals surface area contributed by atoms with Crippen LogP contribution in [-0.2, 0) is 16.0 Å². The predicted molar refractivity (Wildman–Crippen MR) is 128 cm³/mol. The molecule has 0 saturated carbocycles. The van der Waals surface area contributed by atoms with E-state index in [0.29, 0.717) is 13.0 Å². The highest BCUT2D eigenvalue weighted by Crippen LogP contribution is 2.25. The lowest BCUT2D eigenvalue weighted by molar-refractivity contribution is -0.129. The van der Waals surface area contributed by atoms with Gasteiger partial charge in [-0.05, 0) is 30.8 Å². The van der Waals surface area contributed by atoms with Crippen molar-refractivity contribution in [1.29, 1.82) is 0 Å². The number of nitrogens with zero attached hydrogens (tertiary/aromatic N) is 1. The van der Waals surface area contributed by atoms with E-state index in [1.165, 1.54) is 0 Å². The number of likely N-dealkylation sites (N-methyl/N-ethyl adjacent to an activating group) is 1. The summed E-state index contributed by atoms with van der Waals surface area (Å²) in [7, 11) is 3.92. The summed E-state index contributed by atoms with van der Waals surface area (Å²) in [6, 6.07) is 28.4. The fourth-order valence-electron chi connectivity index (χ4n) is 3.63. The Kier molecular flexibility index (Phi) is 8.58. The number of benzene rings is 3. The molecule has 5 heteroatoms. The van der Waals surface area contributed by atoms with Crippen molar-refractivity contribution in [2.45, 2.75) is 18.4 Å². The van der Waals surface area contributed by atoms with Crippen LogP contribution >= 0.6 is 0 Å². The Labute approximate surface area is 190 Å². The van der Waals surface area contributed by atoms with Gasteiger partial charge in [-0.25, -0.2) is 0 Å². The number of nitrogens with one attached hydrogen (secondary N) is 2. The molecule has 0 heterocycles. The lowest BCUT2D eigenvalue weighted by Gasteiger charge is -2.23. The molecule has 0 aliphatic heterocycles. The van der Waals surface area contributed by atoms with Gasteiger partial charge in [0.25, 0.3) is 0 Å². The number of rotatable bonds is 10. The molecule has 3 aromatic rings. The zero-order valence-electron chi connectivity index (χ0n) is 18.7. The average molecular weight is 430 g/mol. The molecule has 0 fully saturated rings. The molecular weight excluding hydrogens is 398 g/mol. The van der Waals surface area contributed by atoms with Gasteiger partial charge in [-0.15, -0.1) is 0 Å². The minimum Gasteiger partial charge on any atom is -0.353 e. The maximum Gasteiger partial charge on any atom is 0.242 e. The third-order valence-corrected chi connectivity index (χ3v) is 5.30. The molecule has 2 N–H and O–H groups in total. The van der Waals surface area contributed by atoms with Crippen LogP contribution in [0.1, 0.15) is 22.6 Å². The van der Waals surface area contributed by atoms with E-state index in [2.05, 4.69) is 10.6 Å². The van der Waals surface area contributed by atoms with Gasteiger partial charge in [0.1, 0.15) is 6.04 Å². The van der Waals surface area contributed by atoms with Crippen LogP contribution in [0.2, 0.25) is 0 Å². The first-order chi connectivity index (χ1) is 15.5. The van der Waals surface area contributed by atoms with Crippen LogP contribution in [0, 0.1) is 0 Å². The third kappa shape index (κ3) is 6.79. The Bertz CT molecular complexity index is 936. The maximum atomic E-state index is 13.5. The molecule has 3 rings (SSSR count). The Balaban J connectivity index is 1.83. The molecule has 166 valence electrons. The third-order valence-electron chi connectivity index (χ3n) is 5.30. The van der Waals surface area contributed by atoms with Gasteiger partial charge >= 0.3 is 0 Å². The number of carbonyl (C=O) groups is 2. The van der Waals surface area contributed by atoms with E-state index in [1.807, 2.05) is 110 Å². The SMILES string of the molecule is CN(C)CCNC(=O)[C@@H](Cc1ccccc1)NC(=O)C(c1ccccc1)c1ccccc1. The summed E-state index contributed by atoms with van der Waals surface area (Å²) >= 11 is 0. The summed E-state index contributed by atoms with van der Waals surface area (Å²) in [6.45, 7) is 1.25. The van der Waals surface area contributed by atoms with Crippen LogP contribution in [-0.4, -0.2) is 49.9 Å². The Hall–Kier alpha value is -3.44. The lowest BCUT2D eigenvalue weighted by atomic mass is 9.90. The van der Waals surface area contributed by atoms with E-state index in [0.717, 1.165) is 23.2 Å². The Morgan fingerprint density at radius 2 is 1.25 bits per heavy atom. The van der Waals surface area contributed by atoms with Crippen LogP contribution in [0.15, 0.2) is 91.0 Å². The van der Waals surface area contributed by atoms with Gasteiger partial charge in [0, 0.05) is 19.5 Å². The van der Waals surface area contributed by atoms with E-state index in [9.17, 15) is 9.59 Å². The van der Waals surface area contributed by atoms with E-state index in [4.69, 9.17) is 0 Å². The number of amides is 2. The molecule has 5 nitrogen and oxygen atoms in total. The number of hydrogen-bond acceptors (Lipinski definition) is 3. The maximum absolute atomic E-state index is 13.5. The van der Waals surface area contributed by atoms with Gasteiger partial charge in [0.15, 0.2) is 0 Å². The molecule has 0 spiro atoms. The summed E-state index contributed by atoms with van der Waals surface area (Å²) < 4.78 is 0. The minimum atomic E-state index is -0.665. The second-order valence-electron chi connectivity index (χ2n) is 8.10. The highest BCUT2D eigenvalue weighted by Gasteiger charge is 2.28. The van der Waals surface area contributed by atoms with Crippen LogP contribution in [0.5, 0.6) is 0 Å². The van der Waals surface area contributed by atoms with Crippen molar-refractivity contribution in [2.75, 3.05) is 27.2 Å². The predicted octanol–water partition coefficient (Wildman–Crippen LogP) is 3.22. The van der Waals surface area contributed by atoms with Crippen molar-refractivity contribution in [3.63, 3.8) is 0 Å². The molecule has 0 bridgehead atoms. The first-order valence-electron chi connectivity index (χ1n) is 10.9. The summed E-state index contributed by atoms with van der Waals surface area (Å²) in [6.07, 6.45) is 0.427. The molecule has 32 heavy (non-hydrogen) atoms. The van der Waals surface area contributed by atoms with E-state index in [1.54, 1.807) is 0 Å². The van der Waals surface area contributed by atoms with Crippen LogP contribution in [0.25, 0.3) is 0 Å². The van der Waals surface area contributed by atoms with Crippen molar-refractivity contribution < 1.29 is 9.59 Å². The van der Waals surface area contributed by atoms with Gasteiger partial charge in [-0.3, -0.25) is 9.59 Å². The van der Waals surface area contributed by atoms with Crippen LogP contribution in [0.4, 0.5) is 0 Å². The van der Waals surface area contributed by atoms with Gasteiger partial charge in [0.2, 0.25) is 11.8 Å². The largest absolute Gasteiger partial charge is 0.353 e. The van der Waals surface area contributed by atoms with Crippen molar-refractivity contribution in [1.82, 2.24) is 15.5 Å². The molecular formula is C27H31N3O2. The quantitative estimate of drug-likeness (QED) is 0.520. The molecule has 3 aromatic carbocycles.